The Balaban J connectivity index is 2.30. The molecule has 1 aliphatic heterocycles. The lowest BCUT2D eigenvalue weighted by atomic mass is 9.92. The van der Waals surface area contributed by atoms with E-state index in [2.05, 4.69) is 0 Å². The summed E-state index contributed by atoms with van der Waals surface area (Å²) < 4.78 is 0. The van der Waals surface area contributed by atoms with Gasteiger partial charge in [0.25, 0.3) is 0 Å². The first-order valence-corrected chi connectivity index (χ1v) is 6.30. The molecule has 0 radical (unpaired) electrons. The second-order valence-corrected chi connectivity index (χ2v) is 4.72. The number of rotatable bonds is 5. The lowest BCUT2D eigenvalue weighted by Gasteiger charge is -2.33. The third-order valence-electron chi connectivity index (χ3n) is 3.45. The smallest absolute Gasteiger partial charge is 0.303 e. The number of hydrogen-bond donors (Lipinski definition) is 2. The van der Waals surface area contributed by atoms with Crippen molar-refractivity contribution in [3.8, 4) is 0 Å². The van der Waals surface area contributed by atoms with Crippen LogP contribution in [0, 0.1) is 5.92 Å². The minimum atomic E-state index is -0.739. The first-order valence-electron chi connectivity index (χ1n) is 6.30. The standard InChI is InChI=1S/C12H22N2O3/c1-2-10(13)12(17)14-7-5-9(6-8-14)3-4-11(15)16/h9-10H,2-8,13H2,1H3,(H,15,16)/t10-/m1/s1. The zero-order valence-electron chi connectivity index (χ0n) is 10.4. The molecule has 98 valence electrons. The third-order valence-corrected chi connectivity index (χ3v) is 3.45. The number of amides is 1. The number of nitrogens with two attached hydrogens (primary N) is 1. The van der Waals surface area contributed by atoms with Crippen molar-refractivity contribution in [2.45, 2.75) is 45.1 Å². The molecule has 1 atom stereocenters. The fraction of sp³-hybridized carbons (Fsp3) is 0.833. The molecule has 0 bridgehead atoms. The van der Waals surface area contributed by atoms with Gasteiger partial charge < -0.3 is 15.7 Å². The highest BCUT2D eigenvalue weighted by molar-refractivity contribution is 5.81. The number of carbonyl (C=O) groups is 2. The Bertz CT molecular complexity index is 273. The lowest BCUT2D eigenvalue weighted by molar-refractivity contribution is -0.138. The predicted molar refractivity (Wildman–Crippen MR) is 64.4 cm³/mol. The van der Waals surface area contributed by atoms with Gasteiger partial charge in [-0.3, -0.25) is 9.59 Å². The molecule has 0 aromatic heterocycles. The van der Waals surface area contributed by atoms with Crippen LogP contribution in [0.4, 0.5) is 0 Å². The van der Waals surface area contributed by atoms with Gasteiger partial charge in [-0.15, -0.1) is 0 Å². The van der Waals surface area contributed by atoms with E-state index in [-0.39, 0.29) is 18.4 Å². The van der Waals surface area contributed by atoms with Crippen molar-refractivity contribution < 1.29 is 14.7 Å². The molecule has 1 rings (SSSR count). The summed E-state index contributed by atoms with van der Waals surface area (Å²) in [6.07, 6.45) is 3.41. The van der Waals surface area contributed by atoms with Gasteiger partial charge >= 0.3 is 5.97 Å². The largest absolute Gasteiger partial charge is 0.481 e. The van der Waals surface area contributed by atoms with Crippen LogP contribution in [-0.4, -0.2) is 41.0 Å². The van der Waals surface area contributed by atoms with Crippen LogP contribution in [0.1, 0.15) is 39.0 Å². The molecule has 1 heterocycles. The minimum absolute atomic E-state index is 0.0317. The van der Waals surface area contributed by atoms with Gasteiger partial charge in [0.15, 0.2) is 0 Å². The molecule has 0 aromatic rings. The van der Waals surface area contributed by atoms with E-state index >= 15 is 0 Å². The van der Waals surface area contributed by atoms with E-state index in [1.165, 1.54) is 0 Å². The maximum Gasteiger partial charge on any atom is 0.303 e. The van der Waals surface area contributed by atoms with Crippen molar-refractivity contribution >= 4 is 11.9 Å². The molecule has 0 aromatic carbocycles. The maximum atomic E-state index is 11.8. The van der Waals surface area contributed by atoms with Crippen LogP contribution in [0.15, 0.2) is 0 Å². The molecule has 3 N–H and O–H groups in total. The summed E-state index contributed by atoms with van der Waals surface area (Å²) in [5.74, 6) is -0.270. The normalized spacial score (nSPS) is 19.1. The minimum Gasteiger partial charge on any atom is -0.481 e. The van der Waals surface area contributed by atoms with Gasteiger partial charge in [-0.1, -0.05) is 6.92 Å². The number of aliphatic carboxylic acids is 1. The molecular formula is C12H22N2O3. The van der Waals surface area contributed by atoms with Gasteiger partial charge in [0.05, 0.1) is 6.04 Å². The Morgan fingerprint density at radius 2 is 2.00 bits per heavy atom. The highest BCUT2D eigenvalue weighted by Crippen LogP contribution is 2.22. The Labute approximate surface area is 102 Å². The van der Waals surface area contributed by atoms with Crippen molar-refractivity contribution in [3.05, 3.63) is 0 Å². The predicted octanol–water partition coefficient (Wildman–Crippen LogP) is 0.827. The van der Waals surface area contributed by atoms with Gasteiger partial charge in [-0.25, -0.2) is 0 Å². The van der Waals surface area contributed by atoms with Crippen molar-refractivity contribution in [1.29, 1.82) is 0 Å². The first kappa shape index (κ1) is 14.0. The monoisotopic (exact) mass is 242 g/mol. The first-order chi connectivity index (χ1) is 8.04. The summed E-state index contributed by atoms with van der Waals surface area (Å²) in [5.41, 5.74) is 5.71. The topological polar surface area (TPSA) is 83.6 Å². The molecule has 0 spiro atoms. The maximum absolute atomic E-state index is 11.8. The van der Waals surface area contributed by atoms with E-state index in [1.807, 2.05) is 11.8 Å². The van der Waals surface area contributed by atoms with Crippen LogP contribution in [-0.2, 0) is 9.59 Å². The van der Waals surface area contributed by atoms with Crippen molar-refractivity contribution in [2.75, 3.05) is 13.1 Å². The lowest BCUT2D eigenvalue weighted by Crippen LogP contribution is -2.46. The molecule has 5 nitrogen and oxygen atoms in total. The second-order valence-electron chi connectivity index (χ2n) is 4.72. The van der Waals surface area contributed by atoms with Crippen LogP contribution in [0.5, 0.6) is 0 Å². The van der Waals surface area contributed by atoms with Crippen molar-refractivity contribution in [1.82, 2.24) is 4.90 Å². The van der Waals surface area contributed by atoms with Gasteiger partial charge in [0.1, 0.15) is 0 Å². The van der Waals surface area contributed by atoms with Crippen LogP contribution >= 0.6 is 0 Å². The number of hydrogen-bond acceptors (Lipinski definition) is 3. The van der Waals surface area contributed by atoms with E-state index in [0.717, 1.165) is 32.4 Å². The third kappa shape index (κ3) is 4.34. The molecule has 1 amide bonds. The zero-order chi connectivity index (χ0) is 12.8. The molecule has 0 saturated carbocycles. The highest BCUT2D eigenvalue weighted by Gasteiger charge is 2.25. The number of carbonyl (C=O) groups excluding carboxylic acids is 1. The Morgan fingerprint density at radius 1 is 1.41 bits per heavy atom. The number of carboxylic acids is 1. The Morgan fingerprint density at radius 3 is 2.47 bits per heavy atom. The van der Waals surface area contributed by atoms with Gasteiger partial charge in [0.2, 0.25) is 5.91 Å². The van der Waals surface area contributed by atoms with Crippen LogP contribution < -0.4 is 5.73 Å². The summed E-state index contributed by atoms with van der Waals surface area (Å²) in [5, 5.41) is 8.61. The van der Waals surface area contributed by atoms with E-state index in [9.17, 15) is 9.59 Å². The van der Waals surface area contributed by atoms with E-state index in [4.69, 9.17) is 10.8 Å². The fourth-order valence-electron chi connectivity index (χ4n) is 2.18. The van der Waals surface area contributed by atoms with E-state index in [1.54, 1.807) is 0 Å². The second kappa shape index (κ2) is 6.59. The summed E-state index contributed by atoms with van der Waals surface area (Å²) in [6.45, 7) is 3.34. The summed E-state index contributed by atoms with van der Waals surface area (Å²) in [4.78, 5) is 24.1. The molecule has 0 aliphatic carbocycles. The number of likely N-dealkylation sites (tertiary alicyclic amines) is 1. The average molecular weight is 242 g/mol. The van der Waals surface area contributed by atoms with Crippen LogP contribution in [0.3, 0.4) is 0 Å². The van der Waals surface area contributed by atoms with E-state index in [0.29, 0.717) is 12.3 Å². The van der Waals surface area contributed by atoms with Gasteiger partial charge in [-0.2, -0.15) is 0 Å². The van der Waals surface area contributed by atoms with E-state index < -0.39 is 5.97 Å². The molecule has 17 heavy (non-hydrogen) atoms. The summed E-state index contributed by atoms with van der Waals surface area (Å²) in [7, 11) is 0. The SMILES string of the molecule is CC[C@@H](N)C(=O)N1CCC(CCC(=O)O)CC1. The Hall–Kier alpha value is -1.10. The summed E-state index contributed by atoms with van der Waals surface area (Å²) in [6, 6.07) is -0.384. The quantitative estimate of drug-likeness (QED) is 0.748. The molecule has 1 saturated heterocycles. The average Bonchev–Trinajstić information content (AvgIpc) is 2.35. The molecular weight excluding hydrogens is 220 g/mol. The van der Waals surface area contributed by atoms with Crippen molar-refractivity contribution in [3.63, 3.8) is 0 Å². The fourth-order valence-corrected chi connectivity index (χ4v) is 2.18. The Kier molecular flexibility index (Phi) is 5.41. The molecule has 1 fully saturated rings. The zero-order valence-corrected chi connectivity index (χ0v) is 10.4. The van der Waals surface area contributed by atoms with Crippen LogP contribution in [0.2, 0.25) is 0 Å². The highest BCUT2D eigenvalue weighted by atomic mass is 16.4. The number of nitrogens with zero attached hydrogens (tertiary/aromatic N) is 1. The number of carboxylic acid groups (broad SMARTS) is 1. The number of piperidine rings is 1. The molecule has 1 aliphatic rings. The molecule has 0 unspecified atom stereocenters. The molecule has 5 heteroatoms. The summed E-state index contributed by atoms with van der Waals surface area (Å²) >= 11 is 0. The van der Waals surface area contributed by atoms with Crippen LogP contribution in [0.25, 0.3) is 0 Å². The van der Waals surface area contributed by atoms with Crippen molar-refractivity contribution in [2.24, 2.45) is 11.7 Å². The van der Waals surface area contributed by atoms with Gasteiger partial charge in [0, 0.05) is 19.5 Å². The van der Waals surface area contributed by atoms with Gasteiger partial charge in [-0.05, 0) is 31.6 Å².